The maximum absolute atomic E-state index is 14.1. The van der Waals surface area contributed by atoms with Crippen molar-refractivity contribution in [2.45, 2.75) is 38.8 Å². The Labute approximate surface area is 219 Å². The predicted molar refractivity (Wildman–Crippen MR) is 142 cm³/mol. The Balaban J connectivity index is 1.28. The highest BCUT2D eigenvalue weighted by atomic mass is 19.1. The zero-order valence-corrected chi connectivity index (χ0v) is 21.4. The summed E-state index contributed by atoms with van der Waals surface area (Å²) in [4.78, 5) is 55.2. The quantitative estimate of drug-likeness (QED) is 0.573. The summed E-state index contributed by atoms with van der Waals surface area (Å²) in [5, 5.41) is 3.00. The first-order valence-corrected chi connectivity index (χ1v) is 12.7. The van der Waals surface area contributed by atoms with Crippen molar-refractivity contribution in [3.8, 4) is 11.1 Å². The summed E-state index contributed by atoms with van der Waals surface area (Å²) in [7, 11) is 1.35. The van der Waals surface area contributed by atoms with Gasteiger partial charge in [0, 0.05) is 44.6 Å². The Morgan fingerprint density at radius 2 is 1.74 bits per heavy atom. The van der Waals surface area contributed by atoms with Gasteiger partial charge in [-0.3, -0.25) is 18.7 Å². The number of urea groups is 1. The molecule has 9 nitrogen and oxygen atoms in total. The van der Waals surface area contributed by atoms with Crippen LogP contribution < -0.4 is 16.6 Å². The number of amides is 3. The number of anilines is 1. The first kappa shape index (κ1) is 25.4. The van der Waals surface area contributed by atoms with Gasteiger partial charge in [-0.25, -0.2) is 14.0 Å². The number of piperidine rings is 1. The number of nitrogens with zero attached hydrogens (tertiary/aromatic N) is 4. The molecule has 5 rings (SSSR count). The van der Waals surface area contributed by atoms with E-state index in [9.17, 15) is 23.6 Å². The van der Waals surface area contributed by atoms with E-state index in [1.165, 1.54) is 29.9 Å². The van der Waals surface area contributed by atoms with Crippen LogP contribution in [0.1, 0.15) is 24.0 Å². The molecule has 1 aromatic heterocycles. The Hall–Kier alpha value is -4.21. The molecule has 2 aliphatic heterocycles. The number of hydrogen-bond acceptors (Lipinski definition) is 4. The number of para-hydroxylation sites is 1. The van der Waals surface area contributed by atoms with Crippen molar-refractivity contribution in [2.24, 2.45) is 7.05 Å². The van der Waals surface area contributed by atoms with Gasteiger partial charge in [0.05, 0.1) is 5.56 Å². The predicted octanol–water partition coefficient (Wildman–Crippen LogP) is 2.74. The van der Waals surface area contributed by atoms with Crippen LogP contribution in [0, 0.1) is 12.7 Å². The summed E-state index contributed by atoms with van der Waals surface area (Å²) in [6, 6.07) is 12.1. The smallest absolute Gasteiger partial charge is 0.331 e. The van der Waals surface area contributed by atoms with E-state index in [0.29, 0.717) is 43.6 Å². The van der Waals surface area contributed by atoms with E-state index in [4.69, 9.17) is 0 Å². The molecule has 2 aliphatic rings. The van der Waals surface area contributed by atoms with Crippen LogP contribution in [-0.2, 0) is 24.8 Å². The van der Waals surface area contributed by atoms with Gasteiger partial charge < -0.3 is 15.1 Å². The van der Waals surface area contributed by atoms with E-state index in [0.717, 1.165) is 22.2 Å². The molecule has 0 aliphatic carbocycles. The fraction of sp³-hybridized carbons (Fsp3) is 0.357. The molecule has 0 saturated carbocycles. The molecule has 0 spiro atoms. The van der Waals surface area contributed by atoms with E-state index in [1.54, 1.807) is 17.9 Å². The molecular weight excluding hydrogens is 489 g/mol. The largest absolute Gasteiger partial charge is 0.341 e. The zero-order chi connectivity index (χ0) is 27.0. The van der Waals surface area contributed by atoms with E-state index >= 15 is 0 Å². The number of halogens is 1. The van der Waals surface area contributed by atoms with Crippen LogP contribution in [0.2, 0.25) is 0 Å². The average molecular weight is 520 g/mol. The molecule has 1 N–H and O–H groups in total. The van der Waals surface area contributed by atoms with Crippen molar-refractivity contribution in [2.75, 3.05) is 25.0 Å². The SMILES string of the molecule is Cc1c(F)cccc1-c1cn(CC(=O)N2CCC(N3CCc4ccccc4NC3=O)CC2)c(=O)n(C)c1=O. The van der Waals surface area contributed by atoms with Gasteiger partial charge in [-0.2, -0.15) is 0 Å². The monoisotopic (exact) mass is 519 g/mol. The number of nitrogens with one attached hydrogen (secondary N) is 1. The number of fused-ring (bicyclic) bond motifs is 1. The molecule has 1 fully saturated rings. The molecule has 10 heteroatoms. The summed E-state index contributed by atoms with van der Waals surface area (Å²) < 4.78 is 16.3. The molecule has 0 radical (unpaired) electrons. The first-order chi connectivity index (χ1) is 18.2. The molecule has 198 valence electrons. The molecule has 0 unspecified atom stereocenters. The summed E-state index contributed by atoms with van der Waals surface area (Å²) in [5.41, 5.74) is 1.61. The lowest BCUT2D eigenvalue weighted by Gasteiger charge is -2.38. The number of rotatable bonds is 4. The van der Waals surface area contributed by atoms with Gasteiger partial charge in [-0.1, -0.05) is 30.3 Å². The van der Waals surface area contributed by atoms with Gasteiger partial charge in [-0.05, 0) is 55.0 Å². The molecule has 3 amide bonds. The summed E-state index contributed by atoms with van der Waals surface area (Å²) in [6.07, 6.45) is 3.37. The molecule has 1 saturated heterocycles. The normalized spacial score (nSPS) is 16.1. The van der Waals surface area contributed by atoms with Gasteiger partial charge in [0.1, 0.15) is 12.4 Å². The maximum Gasteiger partial charge on any atom is 0.331 e. The van der Waals surface area contributed by atoms with E-state index in [1.807, 2.05) is 29.2 Å². The third kappa shape index (κ3) is 4.73. The molecule has 2 aromatic carbocycles. The minimum Gasteiger partial charge on any atom is -0.341 e. The molecule has 0 atom stereocenters. The third-order valence-corrected chi connectivity index (χ3v) is 7.62. The molecule has 38 heavy (non-hydrogen) atoms. The van der Waals surface area contributed by atoms with Crippen LogP contribution in [0.5, 0.6) is 0 Å². The van der Waals surface area contributed by atoms with Crippen molar-refractivity contribution in [3.05, 3.63) is 86.4 Å². The van der Waals surface area contributed by atoms with Gasteiger partial charge >= 0.3 is 11.7 Å². The Morgan fingerprint density at radius 1 is 1.00 bits per heavy atom. The van der Waals surface area contributed by atoms with E-state index in [2.05, 4.69) is 5.32 Å². The summed E-state index contributed by atoms with van der Waals surface area (Å²) >= 11 is 0. The number of carbonyl (C=O) groups is 2. The second kappa shape index (κ2) is 10.3. The molecule has 0 bridgehead atoms. The topological polar surface area (TPSA) is 96.7 Å². The van der Waals surface area contributed by atoms with Crippen LogP contribution in [0.25, 0.3) is 11.1 Å². The minimum atomic E-state index is -0.614. The van der Waals surface area contributed by atoms with E-state index in [-0.39, 0.29) is 30.1 Å². The fourth-order valence-electron chi connectivity index (χ4n) is 5.33. The van der Waals surface area contributed by atoms with Gasteiger partial charge in [0.2, 0.25) is 5.91 Å². The van der Waals surface area contributed by atoms with Gasteiger partial charge in [-0.15, -0.1) is 0 Å². The number of likely N-dealkylation sites (tertiary alicyclic amines) is 1. The van der Waals surface area contributed by atoms with Crippen molar-refractivity contribution in [1.29, 1.82) is 0 Å². The maximum atomic E-state index is 14.1. The summed E-state index contributed by atoms with van der Waals surface area (Å²) in [5.74, 6) is -0.706. The lowest BCUT2D eigenvalue weighted by Crippen LogP contribution is -2.51. The van der Waals surface area contributed by atoms with Crippen molar-refractivity contribution in [3.63, 3.8) is 0 Å². The van der Waals surface area contributed by atoms with E-state index < -0.39 is 17.1 Å². The third-order valence-electron chi connectivity index (χ3n) is 7.62. The Bertz CT molecular complexity index is 1520. The van der Waals surface area contributed by atoms with Crippen LogP contribution in [0.4, 0.5) is 14.9 Å². The highest BCUT2D eigenvalue weighted by Crippen LogP contribution is 2.25. The lowest BCUT2D eigenvalue weighted by atomic mass is 10.0. The van der Waals surface area contributed by atoms with Crippen molar-refractivity contribution < 1.29 is 14.0 Å². The van der Waals surface area contributed by atoms with Crippen LogP contribution >= 0.6 is 0 Å². The van der Waals surface area contributed by atoms with Gasteiger partial charge in [0.15, 0.2) is 0 Å². The highest BCUT2D eigenvalue weighted by molar-refractivity contribution is 5.91. The van der Waals surface area contributed by atoms with Crippen LogP contribution in [-0.4, -0.2) is 56.5 Å². The fourth-order valence-corrected chi connectivity index (χ4v) is 5.33. The summed E-state index contributed by atoms with van der Waals surface area (Å²) in [6.45, 7) is 2.85. The van der Waals surface area contributed by atoms with Crippen LogP contribution in [0.15, 0.2) is 58.3 Å². The second-order valence-electron chi connectivity index (χ2n) is 9.87. The molecular formula is C28H30FN5O4. The number of benzene rings is 2. The molecule has 3 aromatic rings. The second-order valence-corrected chi connectivity index (χ2v) is 9.87. The first-order valence-electron chi connectivity index (χ1n) is 12.7. The minimum absolute atomic E-state index is 0.0104. The molecule has 3 heterocycles. The standard InChI is InChI=1S/C28H30FN5O4/c1-18-21(7-5-8-23(18)29)22-16-33(28(38)31(2)26(22)36)17-25(35)32-13-11-20(12-14-32)34-15-10-19-6-3-4-9-24(19)30-27(34)37/h3-9,16,20H,10-15,17H2,1-2H3,(H,30,37). The average Bonchev–Trinajstić information content (AvgIpc) is 3.09. The van der Waals surface area contributed by atoms with Crippen molar-refractivity contribution >= 4 is 17.6 Å². The number of aromatic nitrogens is 2. The Morgan fingerprint density at radius 3 is 2.50 bits per heavy atom. The number of carbonyl (C=O) groups excluding carboxylic acids is 2. The van der Waals surface area contributed by atoms with Crippen LogP contribution in [0.3, 0.4) is 0 Å². The number of hydrogen-bond donors (Lipinski definition) is 1. The zero-order valence-electron chi connectivity index (χ0n) is 21.4. The highest BCUT2D eigenvalue weighted by Gasteiger charge is 2.31. The van der Waals surface area contributed by atoms with Crippen molar-refractivity contribution in [1.82, 2.24) is 18.9 Å². The van der Waals surface area contributed by atoms with Gasteiger partial charge in [0.25, 0.3) is 5.56 Å². The Kier molecular flexibility index (Phi) is 6.88. The lowest BCUT2D eigenvalue weighted by molar-refractivity contribution is -0.133.